The summed E-state index contributed by atoms with van der Waals surface area (Å²) in [5.41, 5.74) is 1.75. The standard InChI is InChI=1S/C15H12Cl2O3/c1-8-5-11(6-9(2)14(8)17)20-13-4-3-10(16)7-12(13)15(18)19/h3-7H,1-2H3,(H,18,19). The summed E-state index contributed by atoms with van der Waals surface area (Å²) in [6, 6.07) is 7.99. The van der Waals surface area contributed by atoms with E-state index in [1.54, 1.807) is 18.2 Å². The van der Waals surface area contributed by atoms with Crippen molar-refractivity contribution in [3.63, 3.8) is 0 Å². The average molecular weight is 311 g/mol. The minimum Gasteiger partial charge on any atom is -0.478 e. The number of hydrogen-bond acceptors (Lipinski definition) is 2. The van der Waals surface area contributed by atoms with E-state index in [1.165, 1.54) is 12.1 Å². The molecule has 2 aromatic rings. The molecule has 0 spiro atoms. The van der Waals surface area contributed by atoms with Crippen molar-refractivity contribution in [2.75, 3.05) is 0 Å². The highest BCUT2D eigenvalue weighted by Crippen LogP contribution is 2.31. The lowest BCUT2D eigenvalue weighted by Crippen LogP contribution is -2.00. The van der Waals surface area contributed by atoms with Crippen LogP contribution in [0, 0.1) is 13.8 Å². The van der Waals surface area contributed by atoms with Gasteiger partial charge in [-0.1, -0.05) is 23.2 Å². The summed E-state index contributed by atoms with van der Waals surface area (Å²) in [6.07, 6.45) is 0. The van der Waals surface area contributed by atoms with E-state index in [0.717, 1.165) is 11.1 Å². The van der Waals surface area contributed by atoms with E-state index in [9.17, 15) is 4.79 Å². The first-order valence-electron chi connectivity index (χ1n) is 5.86. The minimum atomic E-state index is -1.09. The molecule has 0 aliphatic heterocycles. The molecular weight excluding hydrogens is 299 g/mol. The summed E-state index contributed by atoms with van der Waals surface area (Å²) in [4.78, 5) is 11.2. The zero-order valence-electron chi connectivity index (χ0n) is 10.9. The Morgan fingerprint density at radius 2 is 1.70 bits per heavy atom. The molecule has 5 heteroatoms. The molecule has 0 aromatic heterocycles. The topological polar surface area (TPSA) is 46.5 Å². The molecule has 0 aliphatic carbocycles. The van der Waals surface area contributed by atoms with Crippen molar-refractivity contribution in [3.8, 4) is 11.5 Å². The quantitative estimate of drug-likeness (QED) is 0.857. The van der Waals surface area contributed by atoms with E-state index in [0.29, 0.717) is 15.8 Å². The van der Waals surface area contributed by atoms with Gasteiger partial charge in [-0.05, 0) is 55.3 Å². The molecular formula is C15H12Cl2O3. The van der Waals surface area contributed by atoms with E-state index in [-0.39, 0.29) is 11.3 Å². The van der Waals surface area contributed by atoms with Crippen LogP contribution in [0.25, 0.3) is 0 Å². The van der Waals surface area contributed by atoms with Crippen molar-refractivity contribution in [2.45, 2.75) is 13.8 Å². The van der Waals surface area contributed by atoms with Crippen molar-refractivity contribution in [1.29, 1.82) is 0 Å². The third kappa shape index (κ3) is 3.06. The van der Waals surface area contributed by atoms with E-state index in [2.05, 4.69) is 0 Å². The predicted molar refractivity (Wildman–Crippen MR) is 79.4 cm³/mol. The van der Waals surface area contributed by atoms with Crippen LogP contribution in [-0.4, -0.2) is 11.1 Å². The number of carboxylic acids is 1. The maximum absolute atomic E-state index is 11.2. The molecule has 0 fully saturated rings. The van der Waals surface area contributed by atoms with Gasteiger partial charge in [0.25, 0.3) is 0 Å². The monoisotopic (exact) mass is 310 g/mol. The number of rotatable bonds is 3. The van der Waals surface area contributed by atoms with Crippen molar-refractivity contribution in [1.82, 2.24) is 0 Å². The van der Waals surface area contributed by atoms with Crippen LogP contribution < -0.4 is 4.74 Å². The van der Waals surface area contributed by atoms with E-state index in [4.69, 9.17) is 33.0 Å². The lowest BCUT2D eigenvalue weighted by Gasteiger charge is -2.11. The Morgan fingerprint density at radius 3 is 2.25 bits per heavy atom. The normalized spacial score (nSPS) is 10.4. The molecule has 0 saturated carbocycles. The van der Waals surface area contributed by atoms with Gasteiger partial charge in [-0.15, -0.1) is 0 Å². The fourth-order valence-corrected chi connectivity index (χ4v) is 2.13. The first-order chi connectivity index (χ1) is 9.38. The number of halogens is 2. The second-order valence-electron chi connectivity index (χ2n) is 4.42. The summed E-state index contributed by atoms with van der Waals surface area (Å²) < 4.78 is 5.64. The summed E-state index contributed by atoms with van der Waals surface area (Å²) in [5.74, 6) is -0.317. The Kier molecular flexibility index (Phi) is 4.21. The molecule has 0 atom stereocenters. The molecule has 2 rings (SSSR count). The van der Waals surface area contributed by atoms with Crippen LogP contribution in [0.5, 0.6) is 11.5 Å². The van der Waals surface area contributed by atoms with Gasteiger partial charge in [0.1, 0.15) is 17.1 Å². The second-order valence-corrected chi connectivity index (χ2v) is 5.23. The van der Waals surface area contributed by atoms with Crippen LogP contribution >= 0.6 is 23.2 Å². The number of carbonyl (C=O) groups is 1. The molecule has 3 nitrogen and oxygen atoms in total. The Morgan fingerprint density at radius 1 is 1.10 bits per heavy atom. The maximum Gasteiger partial charge on any atom is 0.339 e. The molecule has 0 saturated heterocycles. The fourth-order valence-electron chi connectivity index (χ4n) is 1.85. The van der Waals surface area contributed by atoms with Crippen LogP contribution in [0.2, 0.25) is 10.0 Å². The lowest BCUT2D eigenvalue weighted by molar-refractivity contribution is 0.0694. The molecule has 1 N–H and O–H groups in total. The molecule has 0 radical (unpaired) electrons. The zero-order valence-corrected chi connectivity index (χ0v) is 12.4. The lowest BCUT2D eigenvalue weighted by atomic mass is 10.1. The summed E-state index contributed by atoms with van der Waals surface area (Å²) in [6.45, 7) is 3.73. The average Bonchev–Trinajstić information content (AvgIpc) is 2.37. The Labute approximate surface area is 126 Å². The third-order valence-electron chi connectivity index (χ3n) is 2.81. The van der Waals surface area contributed by atoms with Gasteiger partial charge >= 0.3 is 5.97 Å². The van der Waals surface area contributed by atoms with Gasteiger partial charge < -0.3 is 9.84 Å². The van der Waals surface area contributed by atoms with E-state index in [1.807, 2.05) is 13.8 Å². The molecule has 0 bridgehead atoms. The zero-order chi connectivity index (χ0) is 14.9. The van der Waals surface area contributed by atoms with Crippen LogP contribution in [-0.2, 0) is 0 Å². The largest absolute Gasteiger partial charge is 0.478 e. The van der Waals surface area contributed by atoms with Crippen molar-refractivity contribution in [2.24, 2.45) is 0 Å². The summed E-state index contributed by atoms with van der Waals surface area (Å²) in [7, 11) is 0. The van der Waals surface area contributed by atoms with E-state index < -0.39 is 5.97 Å². The smallest absolute Gasteiger partial charge is 0.339 e. The van der Waals surface area contributed by atoms with Crippen molar-refractivity contribution >= 4 is 29.2 Å². The van der Waals surface area contributed by atoms with Crippen LogP contribution in [0.1, 0.15) is 21.5 Å². The minimum absolute atomic E-state index is 0.0164. The van der Waals surface area contributed by atoms with Gasteiger partial charge in [0.2, 0.25) is 0 Å². The summed E-state index contributed by atoms with van der Waals surface area (Å²) >= 11 is 11.9. The molecule has 0 amide bonds. The molecule has 0 heterocycles. The van der Waals surface area contributed by atoms with Gasteiger partial charge in [-0.25, -0.2) is 4.79 Å². The number of aryl methyl sites for hydroxylation is 2. The van der Waals surface area contributed by atoms with Gasteiger partial charge in [-0.3, -0.25) is 0 Å². The fraction of sp³-hybridized carbons (Fsp3) is 0.133. The number of hydrogen-bond donors (Lipinski definition) is 1. The Bertz CT molecular complexity index is 658. The van der Waals surface area contributed by atoms with E-state index >= 15 is 0 Å². The highest BCUT2D eigenvalue weighted by molar-refractivity contribution is 6.32. The Hall–Kier alpha value is -1.71. The number of carboxylic acid groups (broad SMARTS) is 1. The molecule has 2 aromatic carbocycles. The van der Waals surface area contributed by atoms with Gasteiger partial charge in [0, 0.05) is 10.0 Å². The van der Waals surface area contributed by atoms with Crippen LogP contribution in [0.4, 0.5) is 0 Å². The highest BCUT2D eigenvalue weighted by Gasteiger charge is 2.13. The number of benzene rings is 2. The highest BCUT2D eigenvalue weighted by atomic mass is 35.5. The van der Waals surface area contributed by atoms with Crippen LogP contribution in [0.15, 0.2) is 30.3 Å². The predicted octanol–water partition coefficient (Wildman–Crippen LogP) is 5.10. The molecule has 104 valence electrons. The van der Waals surface area contributed by atoms with Crippen LogP contribution in [0.3, 0.4) is 0 Å². The number of aromatic carboxylic acids is 1. The second kappa shape index (κ2) is 5.73. The first kappa shape index (κ1) is 14.7. The first-order valence-corrected chi connectivity index (χ1v) is 6.61. The molecule has 0 aliphatic rings. The number of ether oxygens (including phenoxy) is 1. The SMILES string of the molecule is Cc1cc(Oc2ccc(Cl)cc2C(=O)O)cc(C)c1Cl. The summed E-state index contributed by atoms with van der Waals surface area (Å²) in [5, 5.41) is 10.2. The van der Waals surface area contributed by atoms with Gasteiger partial charge in [0.05, 0.1) is 0 Å². The van der Waals surface area contributed by atoms with Gasteiger partial charge in [-0.2, -0.15) is 0 Å². The maximum atomic E-state index is 11.2. The molecule has 0 unspecified atom stereocenters. The Balaban J connectivity index is 2.42. The van der Waals surface area contributed by atoms with Crippen molar-refractivity contribution < 1.29 is 14.6 Å². The van der Waals surface area contributed by atoms with Crippen molar-refractivity contribution in [3.05, 3.63) is 57.1 Å². The third-order valence-corrected chi connectivity index (χ3v) is 3.64. The van der Waals surface area contributed by atoms with Gasteiger partial charge in [0.15, 0.2) is 0 Å². The molecule has 20 heavy (non-hydrogen) atoms.